The van der Waals surface area contributed by atoms with Crippen molar-refractivity contribution < 1.29 is 19.1 Å². The van der Waals surface area contributed by atoms with E-state index in [0.29, 0.717) is 0 Å². The van der Waals surface area contributed by atoms with Crippen LogP contribution in [0.5, 0.6) is 0 Å². The molecule has 0 spiro atoms. The standard InChI is InChI=1S/C14H18N2O4S/c1-8-4-5-11(9(2)6-8)21-7-12(17)20-10(3)13(18)16-14(15)19/h4-6,10H,7H2,1-3H3,(H3,15,16,18,19)/t10-/m1/s1. The fourth-order valence-electron chi connectivity index (χ4n) is 1.61. The number of ether oxygens (including phenoxy) is 1. The highest BCUT2D eigenvalue weighted by Gasteiger charge is 2.19. The number of esters is 1. The van der Waals surface area contributed by atoms with Gasteiger partial charge < -0.3 is 10.5 Å². The maximum absolute atomic E-state index is 11.7. The van der Waals surface area contributed by atoms with Crippen LogP contribution in [-0.4, -0.2) is 29.8 Å². The zero-order chi connectivity index (χ0) is 16.0. The number of amides is 3. The van der Waals surface area contributed by atoms with E-state index in [2.05, 4.69) is 0 Å². The fourth-order valence-corrected chi connectivity index (χ4v) is 2.40. The lowest BCUT2D eigenvalue weighted by Crippen LogP contribution is -2.42. The van der Waals surface area contributed by atoms with Gasteiger partial charge in [0.2, 0.25) is 0 Å². The zero-order valence-corrected chi connectivity index (χ0v) is 13.0. The van der Waals surface area contributed by atoms with Crippen LogP contribution in [0.1, 0.15) is 18.1 Å². The van der Waals surface area contributed by atoms with E-state index in [1.54, 1.807) is 0 Å². The first-order chi connectivity index (χ1) is 9.79. The number of carbonyl (C=O) groups is 3. The molecule has 0 bridgehead atoms. The second-order valence-electron chi connectivity index (χ2n) is 4.54. The highest BCUT2D eigenvalue weighted by Crippen LogP contribution is 2.23. The van der Waals surface area contributed by atoms with Crippen LogP contribution in [0, 0.1) is 13.8 Å². The molecule has 3 amide bonds. The molecule has 6 nitrogen and oxygen atoms in total. The Kier molecular flexibility index (Phi) is 6.23. The van der Waals surface area contributed by atoms with Gasteiger partial charge in [-0.2, -0.15) is 0 Å². The molecule has 1 atom stereocenters. The second kappa shape index (κ2) is 7.68. The minimum absolute atomic E-state index is 0.0814. The first-order valence-corrected chi connectivity index (χ1v) is 7.28. The molecule has 0 saturated heterocycles. The van der Waals surface area contributed by atoms with Crippen molar-refractivity contribution in [2.24, 2.45) is 5.73 Å². The van der Waals surface area contributed by atoms with Crippen LogP contribution < -0.4 is 11.1 Å². The molecule has 114 valence electrons. The van der Waals surface area contributed by atoms with E-state index in [-0.39, 0.29) is 5.75 Å². The summed E-state index contributed by atoms with van der Waals surface area (Å²) in [6.45, 7) is 5.33. The SMILES string of the molecule is Cc1ccc(SCC(=O)O[C@H](C)C(=O)NC(N)=O)c(C)c1. The van der Waals surface area contributed by atoms with Crippen LogP contribution in [0.3, 0.4) is 0 Å². The third-order valence-corrected chi connectivity index (χ3v) is 3.75. The smallest absolute Gasteiger partial charge is 0.318 e. The number of nitrogens with one attached hydrogen (secondary N) is 1. The number of thioether (sulfide) groups is 1. The summed E-state index contributed by atoms with van der Waals surface area (Å²) in [7, 11) is 0. The molecule has 0 aliphatic heterocycles. The summed E-state index contributed by atoms with van der Waals surface area (Å²) in [5.74, 6) is -1.20. The molecule has 0 fully saturated rings. The Morgan fingerprint density at radius 3 is 2.57 bits per heavy atom. The number of urea groups is 1. The molecule has 3 N–H and O–H groups in total. The molecule has 0 heterocycles. The van der Waals surface area contributed by atoms with Crippen molar-refractivity contribution in [2.75, 3.05) is 5.75 Å². The Bertz CT molecular complexity index is 560. The van der Waals surface area contributed by atoms with Crippen molar-refractivity contribution in [1.29, 1.82) is 0 Å². The Labute approximate surface area is 127 Å². The normalized spacial score (nSPS) is 11.6. The van der Waals surface area contributed by atoms with E-state index in [1.165, 1.54) is 18.7 Å². The molecule has 1 aromatic carbocycles. The van der Waals surface area contributed by atoms with Crippen LogP contribution in [-0.2, 0) is 14.3 Å². The van der Waals surface area contributed by atoms with Crippen molar-refractivity contribution in [2.45, 2.75) is 31.8 Å². The number of rotatable bonds is 5. The van der Waals surface area contributed by atoms with Gasteiger partial charge in [0.25, 0.3) is 5.91 Å². The third-order valence-electron chi connectivity index (χ3n) is 2.60. The average Bonchev–Trinajstić information content (AvgIpc) is 2.36. The number of primary amides is 1. The summed E-state index contributed by atoms with van der Waals surface area (Å²) < 4.78 is 4.92. The molecular formula is C14H18N2O4S. The van der Waals surface area contributed by atoms with Gasteiger partial charge in [0.05, 0.1) is 5.75 Å². The summed E-state index contributed by atoms with van der Waals surface area (Å²) in [5.41, 5.74) is 7.04. The Morgan fingerprint density at radius 2 is 2.00 bits per heavy atom. The molecule has 7 heteroatoms. The minimum atomic E-state index is -1.07. The first-order valence-electron chi connectivity index (χ1n) is 6.29. The Hall–Kier alpha value is -2.02. The van der Waals surface area contributed by atoms with E-state index in [9.17, 15) is 14.4 Å². The van der Waals surface area contributed by atoms with Crippen molar-refractivity contribution in [3.63, 3.8) is 0 Å². The monoisotopic (exact) mass is 310 g/mol. The molecule has 0 aromatic heterocycles. The molecular weight excluding hydrogens is 292 g/mol. The second-order valence-corrected chi connectivity index (χ2v) is 5.56. The van der Waals surface area contributed by atoms with Gasteiger partial charge in [-0.3, -0.25) is 14.9 Å². The number of nitrogens with two attached hydrogens (primary N) is 1. The lowest BCUT2D eigenvalue weighted by Gasteiger charge is -2.12. The summed E-state index contributed by atoms with van der Waals surface area (Å²) in [6, 6.07) is 4.94. The van der Waals surface area contributed by atoms with Gasteiger partial charge >= 0.3 is 12.0 Å². The van der Waals surface area contributed by atoms with Crippen LogP contribution >= 0.6 is 11.8 Å². The molecule has 21 heavy (non-hydrogen) atoms. The van der Waals surface area contributed by atoms with E-state index in [4.69, 9.17) is 10.5 Å². The van der Waals surface area contributed by atoms with Gasteiger partial charge in [-0.05, 0) is 32.4 Å². The van der Waals surface area contributed by atoms with Crippen LogP contribution in [0.25, 0.3) is 0 Å². The zero-order valence-electron chi connectivity index (χ0n) is 12.1. The molecule has 1 rings (SSSR count). The largest absolute Gasteiger partial charge is 0.452 e. The highest BCUT2D eigenvalue weighted by atomic mass is 32.2. The Morgan fingerprint density at radius 1 is 1.33 bits per heavy atom. The van der Waals surface area contributed by atoms with Gasteiger partial charge in [-0.25, -0.2) is 4.79 Å². The molecule has 0 unspecified atom stereocenters. The number of carbonyl (C=O) groups excluding carboxylic acids is 3. The molecule has 0 aliphatic rings. The van der Waals surface area contributed by atoms with E-state index in [1.807, 2.05) is 37.4 Å². The van der Waals surface area contributed by atoms with Gasteiger partial charge in [-0.1, -0.05) is 17.7 Å². The van der Waals surface area contributed by atoms with E-state index >= 15 is 0 Å². The molecule has 1 aromatic rings. The quantitative estimate of drug-likeness (QED) is 0.634. The molecule has 0 saturated carbocycles. The van der Waals surface area contributed by atoms with Gasteiger partial charge in [-0.15, -0.1) is 11.8 Å². The predicted molar refractivity (Wildman–Crippen MR) is 79.9 cm³/mol. The van der Waals surface area contributed by atoms with Crippen molar-refractivity contribution in [3.8, 4) is 0 Å². The van der Waals surface area contributed by atoms with Crippen molar-refractivity contribution in [3.05, 3.63) is 29.3 Å². The number of aryl methyl sites for hydroxylation is 2. The van der Waals surface area contributed by atoms with E-state index < -0.39 is 24.0 Å². The fraction of sp³-hybridized carbons (Fsp3) is 0.357. The predicted octanol–water partition coefficient (Wildman–Crippen LogP) is 1.52. The first kappa shape index (κ1) is 17.0. The van der Waals surface area contributed by atoms with Gasteiger partial charge in [0, 0.05) is 4.90 Å². The number of benzene rings is 1. The maximum Gasteiger partial charge on any atom is 0.318 e. The summed E-state index contributed by atoms with van der Waals surface area (Å²) in [5, 5.41) is 1.85. The minimum Gasteiger partial charge on any atom is -0.452 e. The topological polar surface area (TPSA) is 98.5 Å². The van der Waals surface area contributed by atoms with Crippen LogP contribution in [0.15, 0.2) is 23.1 Å². The van der Waals surface area contributed by atoms with Crippen molar-refractivity contribution >= 4 is 29.7 Å². The third kappa shape index (κ3) is 5.86. The summed E-state index contributed by atoms with van der Waals surface area (Å²) in [4.78, 5) is 34.5. The Balaban J connectivity index is 2.47. The van der Waals surface area contributed by atoms with Crippen molar-refractivity contribution in [1.82, 2.24) is 5.32 Å². The molecule has 0 radical (unpaired) electrons. The summed E-state index contributed by atoms with van der Waals surface area (Å²) in [6.07, 6.45) is -1.07. The van der Waals surface area contributed by atoms with Crippen LogP contribution in [0.2, 0.25) is 0 Å². The highest BCUT2D eigenvalue weighted by molar-refractivity contribution is 8.00. The number of imide groups is 1. The maximum atomic E-state index is 11.7. The number of hydrogen-bond acceptors (Lipinski definition) is 5. The van der Waals surface area contributed by atoms with E-state index in [0.717, 1.165) is 16.0 Å². The summed E-state index contributed by atoms with van der Waals surface area (Å²) >= 11 is 1.33. The average molecular weight is 310 g/mol. The lowest BCUT2D eigenvalue weighted by atomic mass is 10.2. The lowest BCUT2D eigenvalue weighted by molar-refractivity contribution is -0.151. The van der Waals surface area contributed by atoms with Gasteiger partial charge in [0.1, 0.15) is 0 Å². The number of hydrogen-bond donors (Lipinski definition) is 2. The molecule has 0 aliphatic carbocycles. The van der Waals surface area contributed by atoms with Crippen LogP contribution in [0.4, 0.5) is 4.79 Å². The van der Waals surface area contributed by atoms with Gasteiger partial charge in [0.15, 0.2) is 6.10 Å².